The van der Waals surface area contributed by atoms with Crippen LogP contribution in [0.2, 0.25) is 5.02 Å². The maximum absolute atomic E-state index is 5.84. The quantitative estimate of drug-likeness (QED) is 0.627. The van der Waals surface area contributed by atoms with Crippen molar-refractivity contribution in [3.63, 3.8) is 0 Å². The summed E-state index contributed by atoms with van der Waals surface area (Å²) in [7, 11) is 0. The molecule has 0 aliphatic rings. The van der Waals surface area contributed by atoms with Gasteiger partial charge in [0.2, 0.25) is 0 Å². The number of benzene rings is 2. The molecule has 0 heterocycles. The first-order valence-corrected chi connectivity index (χ1v) is 7.34. The molecule has 0 unspecified atom stereocenters. The van der Waals surface area contributed by atoms with E-state index in [1.807, 2.05) is 30.0 Å². The Balaban J connectivity index is 1.63. The summed E-state index contributed by atoms with van der Waals surface area (Å²) in [4.78, 5) is 1.32. The summed E-state index contributed by atoms with van der Waals surface area (Å²) in [6.07, 6.45) is 0. The van der Waals surface area contributed by atoms with Crippen LogP contribution in [0.1, 0.15) is 5.56 Å². The van der Waals surface area contributed by atoms with Crippen LogP contribution in [0.4, 0.5) is 0 Å². The highest BCUT2D eigenvalue weighted by Crippen LogP contribution is 2.15. The lowest BCUT2D eigenvalue weighted by atomic mass is 10.2. The van der Waals surface area contributed by atoms with E-state index in [4.69, 9.17) is 11.6 Å². The van der Waals surface area contributed by atoms with Crippen molar-refractivity contribution in [1.29, 1.82) is 0 Å². The van der Waals surface area contributed by atoms with Crippen LogP contribution in [-0.4, -0.2) is 12.3 Å². The number of halogens is 1. The van der Waals surface area contributed by atoms with Gasteiger partial charge in [-0.05, 0) is 29.8 Å². The number of hydrogen-bond donors (Lipinski definition) is 1. The number of nitrogens with one attached hydrogen (secondary N) is 1. The SMILES string of the molecule is Clc1ccc(CNCCSc2ccccc2)cc1. The first-order valence-electron chi connectivity index (χ1n) is 5.97. The molecule has 0 atom stereocenters. The van der Waals surface area contributed by atoms with Gasteiger partial charge in [0.15, 0.2) is 0 Å². The Hall–Kier alpha value is -0.960. The molecule has 0 aliphatic carbocycles. The zero-order chi connectivity index (χ0) is 12.6. The normalized spacial score (nSPS) is 10.5. The smallest absolute Gasteiger partial charge is 0.0406 e. The predicted molar refractivity (Wildman–Crippen MR) is 80.3 cm³/mol. The van der Waals surface area contributed by atoms with E-state index in [0.29, 0.717) is 0 Å². The third-order valence-corrected chi connectivity index (χ3v) is 3.80. The fourth-order valence-electron chi connectivity index (χ4n) is 1.59. The monoisotopic (exact) mass is 277 g/mol. The first kappa shape index (κ1) is 13.5. The summed E-state index contributed by atoms with van der Waals surface area (Å²) in [5.74, 6) is 1.08. The average molecular weight is 278 g/mol. The Morgan fingerprint density at radius 2 is 1.67 bits per heavy atom. The molecule has 2 rings (SSSR count). The molecule has 18 heavy (non-hydrogen) atoms. The van der Waals surface area contributed by atoms with Crippen LogP contribution in [0, 0.1) is 0 Å². The third kappa shape index (κ3) is 4.73. The fourth-order valence-corrected chi connectivity index (χ4v) is 2.55. The number of thioether (sulfide) groups is 1. The highest BCUT2D eigenvalue weighted by atomic mass is 35.5. The zero-order valence-electron chi connectivity index (χ0n) is 10.1. The summed E-state index contributed by atoms with van der Waals surface area (Å²) in [6.45, 7) is 1.90. The summed E-state index contributed by atoms with van der Waals surface area (Å²) in [6, 6.07) is 18.4. The lowest BCUT2D eigenvalue weighted by Crippen LogP contribution is -2.16. The van der Waals surface area contributed by atoms with Gasteiger partial charge in [-0.25, -0.2) is 0 Å². The van der Waals surface area contributed by atoms with Crippen LogP contribution in [0.25, 0.3) is 0 Å². The standard InChI is InChI=1S/C15H16ClNS/c16-14-8-6-13(7-9-14)12-17-10-11-18-15-4-2-1-3-5-15/h1-9,17H,10-12H2. The molecule has 0 radical (unpaired) electrons. The van der Waals surface area contributed by atoms with E-state index >= 15 is 0 Å². The van der Waals surface area contributed by atoms with Gasteiger partial charge in [0.25, 0.3) is 0 Å². The zero-order valence-corrected chi connectivity index (χ0v) is 11.7. The summed E-state index contributed by atoms with van der Waals surface area (Å²) < 4.78 is 0. The molecule has 1 nitrogen and oxygen atoms in total. The average Bonchev–Trinajstić information content (AvgIpc) is 2.42. The van der Waals surface area contributed by atoms with E-state index in [-0.39, 0.29) is 0 Å². The van der Waals surface area contributed by atoms with Crippen LogP contribution in [-0.2, 0) is 6.54 Å². The highest BCUT2D eigenvalue weighted by molar-refractivity contribution is 7.99. The van der Waals surface area contributed by atoms with Gasteiger partial charge in [-0.15, -0.1) is 11.8 Å². The van der Waals surface area contributed by atoms with E-state index in [1.165, 1.54) is 10.5 Å². The van der Waals surface area contributed by atoms with Crippen molar-refractivity contribution < 1.29 is 0 Å². The lowest BCUT2D eigenvalue weighted by Gasteiger charge is -2.05. The molecule has 2 aromatic carbocycles. The molecule has 0 saturated heterocycles. The number of rotatable bonds is 6. The molecule has 0 bridgehead atoms. The Labute approximate surface area is 118 Å². The van der Waals surface area contributed by atoms with Gasteiger partial charge < -0.3 is 5.32 Å². The van der Waals surface area contributed by atoms with Crippen LogP contribution in [0.3, 0.4) is 0 Å². The molecule has 0 amide bonds. The van der Waals surface area contributed by atoms with Gasteiger partial charge in [0.1, 0.15) is 0 Å². The summed E-state index contributed by atoms with van der Waals surface area (Å²) >= 11 is 7.71. The Morgan fingerprint density at radius 1 is 0.944 bits per heavy atom. The van der Waals surface area contributed by atoms with Crippen LogP contribution in [0.15, 0.2) is 59.5 Å². The molecule has 3 heteroatoms. The van der Waals surface area contributed by atoms with E-state index in [9.17, 15) is 0 Å². The minimum absolute atomic E-state index is 0.790. The van der Waals surface area contributed by atoms with Crippen molar-refractivity contribution in [1.82, 2.24) is 5.32 Å². The van der Waals surface area contributed by atoms with Gasteiger partial charge in [-0.2, -0.15) is 0 Å². The second-order valence-electron chi connectivity index (χ2n) is 3.96. The van der Waals surface area contributed by atoms with Crippen molar-refractivity contribution in [2.45, 2.75) is 11.4 Å². The molecule has 1 N–H and O–H groups in total. The Kier molecular flexibility index (Phi) is 5.59. The molecular formula is C15H16ClNS. The fraction of sp³-hybridized carbons (Fsp3) is 0.200. The van der Waals surface area contributed by atoms with E-state index in [1.54, 1.807) is 0 Å². The van der Waals surface area contributed by atoms with Crippen molar-refractivity contribution in [2.24, 2.45) is 0 Å². The van der Waals surface area contributed by atoms with Gasteiger partial charge in [0, 0.05) is 28.8 Å². The molecule has 0 spiro atoms. The minimum atomic E-state index is 0.790. The largest absolute Gasteiger partial charge is 0.312 e. The van der Waals surface area contributed by atoms with E-state index in [0.717, 1.165) is 23.9 Å². The van der Waals surface area contributed by atoms with Crippen molar-refractivity contribution in [3.8, 4) is 0 Å². The molecule has 0 aromatic heterocycles. The molecular weight excluding hydrogens is 262 g/mol. The third-order valence-electron chi connectivity index (χ3n) is 2.53. The topological polar surface area (TPSA) is 12.0 Å². The van der Waals surface area contributed by atoms with Gasteiger partial charge in [-0.1, -0.05) is 41.9 Å². The van der Waals surface area contributed by atoms with Crippen LogP contribution in [0.5, 0.6) is 0 Å². The molecule has 94 valence electrons. The minimum Gasteiger partial charge on any atom is -0.312 e. The second kappa shape index (κ2) is 7.47. The van der Waals surface area contributed by atoms with Gasteiger partial charge in [-0.3, -0.25) is 0 Å². The van der Waals surface area contributed by atoms with E-state index < -0.39 is 0 Å². The second-order valence-corrected chi connectivity index (χ2v) is 5.57. The van der Waals surface area contributed by atoms with Crippen LogP contribution < -0.4 is 5.32 Å². The summed E-state index contributed by atoms with van der Waals surface area (Å²) in [5.41, 5.74) is 1.27. The molecule has 0 aliphatic heterocycles. The molecule has 0 fully saturated rings. The number of hydrogen-bond acceptors (Lipinski definition) is 2. The predicted octanol–water partition coefficient (Wildman–Crippen LogP) is 4.22. The lowest BCUT2D eigenvalue weighted by molar-refractivity contribution is 0.732. The summed E-state index contributed by atoms with van der Waals surface area (Å²) in [5, 5.41) is 4.22. The first-order chi connectivity index (χ1) is 8.84. The molecule has 0 saturated carbocycles. The van der Waals surface area contributed by atoms with Crippen molar-refractivity contribution in [2.75, 3.05) is 12.3 Å². The maximum atomic E-state index is 5.84. The van der Waals surface area contributed by atoms with Crippen molar-refractivity contribution in [3.05, 3.63) is 65.2 Å². The highest BCUT2D eigenvalue weighted by Gasteiger charge is 1.94. The van der Waals surface area contributed by atoms with Gasteiger partial charge >= 0.3 is 0 Å². The van der Waals surface area contributed by atoms with Crippen molar-refractivity contribution >= 4 is 23.4 Å². The Morgan fingerprint density at radius 3 is 2.39 bits per heavy atom. The van der Waals surface area contributed by atoms with Gasteiger partial charge in [0.05, 0.1) is 0 Å². The Bertz CT molecular complexity index is 456. The van der Waals surface area contributed by atoms with Crippen LogP contribution >= 0.6 is 23.4 Å². The van der Waals surface area contributed by atoms with E-state index in [2.05, 4.69) is 41.7 Å². The maximum Gasteiger partial charge on any atom is 0.0406 e. The molecule has 2 aromatic rings.